The van der Waals surface area contributed by atoms with Gasteiger partial charge in [-0.05, 0) is 85.1 Å². The zero-order valence-electron chi connectivity index (χ0n) is 22.1. The summed E-state index contributed by atoms with van der Waals surface area (Å²) in [7, 11) is 0. The highest BCUT2D eigenvalue weighted by Gasteiger charge is 2.28. The standard InChI is InChI=1S/C36H31N3/c1-3-5-13-24(4-2)30-20-26-16-9-11-18-28(26)34-32(30)22-39(36(37)38)23-33-31(25-14-7-6-8-15-25)21-27-17-10-12-19-29(27)35(33)34/h3-21H,1,22-23H2,2H3,(H3,37,38)/b13-5-,24-4+. The molecule has 0 radical (unpaired) electrons. The highest BCUT2D eigenvalue weighted by Crippen LogP contribution is 2.47. The minimum absolute atomic E-state index is 0.0729. The summed E-state index contributed by atoms with van der Waals surface area (Å²) in [5.41, 5.74) is 15.7. The third kappa shape index (κ3) is 4.22. The van der Waals surface area contributed by atoms with Gasteiger partial charge in [0.25, 0.3) is 0 Å². The van der Waals surface area contributed by atoms with Crippen LogP contribution in [-0.2, 0) is 13.1 Å². The molecule has 0 unspecified atom stereocenters. The molecule has 0 aromatic heterocycles. The first-order valence-corrected chi connectivity index (χ1v) is 13.3. The number of hydrogen-bond acceptors (Lipinski definition) is 1. The maximum Gasteiger partial charge on any atom is 0.188 e. The highest BCUT2D eigenvalue weighted by atomic mass is 15.2. The van der Waals surface area contributed by atoms with E-state index in [1.54, 1.807) is 6.08 Å². The summed E-state index contributed by atoms with van der Waals surface area (Å²) in [5, 5.41) is 13.4. The van der Waals surface area contributed by atoms with Gasteiger partial charge in [0.1, 0.15) is 0 Å². The predicted molar refractivity (Wildman–Crippen MR) is 166 cm³/mol. The lowest BCUT2D eigenvalue weighted by molar-refractivity contribution is 0.404. The third-order valence-electron chi connectivity index (χ3n) is 7.72. The van der Waals surface area contributed by atoms with Crippen molar-refractivity contribution in [2.45, 2.75) is 20.0 Å². The van der Waals surface area contributed by atoms with Gasteiger partial charge in [-0.2, -0.15) is 0 Å². The van der Waals surface area contributed by atoms with Gasteiger partial charge in [0, 0.05) is 13.1 Å². The fraction of sp³-hybridized carbons (Fsp3) is 0.0833. The van der Waals surface area contributed by atoms with Crippen LogP contribution in [0, 0.1) is 5.41 Å². The molecule has 0 spiro atoms. The fourth-order valence-electron chi connectivity index (χ4n) is 5.93. The zero-order chi connectivity index (χ0) is 26.9. The molecule has 1 aliphatic rings. The number of nitrogens with one attached hydrogen (secondary N) is 1. The first-order valence-electron chi connectivity index (χ1n) is 13.3. The van der Waals surface area contributed by atoms with Crippen LogP contribution < -0.4 is 5.73 Å². The van der Waals surface area contributed by atoms with Crippen LogP contribution in [-0.4, -0.2) is 10.9 Å². The van der Waals surface area contributed by atoms with E-state index in [4.69, 9.17) is 11.1 Å². The van der Waals surface area contributed by atoms with Crippen molar-refractivity contribution in [3.63, 3.8) is 0 Å². The minimum atomic E-state index is 0.0729. The van der Waals surface area contributed by atoms with Crippen molar-refractivity contribution in [3.8, 4) is 22.3 Å². The summed E-state index contributed by atoms with van der Waals surface area (Å²) < 4.78 is 0. The number of hydrogen-bond donors (Lipinski definition) is 2. The van der Waals surface area contributed by atoms with Gasteiger partial charge in [-0.25, -0.2) is 0 Å². The maximum atomic E-state index is 8.57. The molecule has 0 saturated carbocycles. The Labute approximate surface area is 229 Å². The van der Waals surface area contributed by atoms with Gasteiger partial charge in [-0.3, -0.25) is 5.41 Å². The number of rotatable bonds is 4. The van der Waals surface area contributed by atoms with Crippen molar-refractivity contribution >= 4 is 33.1 Å². The van der Waals surface area contributed by atoms with E-state index in [2.05, 4.69) is 117 Å². The molecular weight excluding hydrogens is 474 g/mol. The van der Waals surface area contributed by atoms with E-state index in [0.29, 0.717) is 13.1 Å². The maximum absolute atomic E-state index is 8.57. The number of fused-ring (bicyclic) bond motifs is 7. The zero-order valence-corrected chi connectivity index (χ0v) is 22.1. The Bertz CT molecular complexity index is 1810. The van der Waals surface area contributed by atoms with Crippen molar-refractivity contribution in [2.24, 2.45) is 5.73 Å². The van der Waals surface area contributed by atoms with Gasteiger partial charge in [-0.15, -0.1) is 0 Å². The van der Waals surface area contributed by atoms with Gasteiger partial charge in [0.2, 0.25) is 0 Å². The molecule has 0 saturated heterocycles. The Morgan fingerprint density at radius 2 is 1.41 bits per heavy atom. The van der Waals surface area contributed by atoms with Crippen molar-refractivity contribution in [1.82, 2.24) is 4.90 Å². The van der Waals surface area contributed by atoms with Crippen LogP contribution >= 0.6 is 0 Å². The van der Waals surface area contributed by atoms with Gasteiger partial charge >= 0.3 is 0 Å². The van der Waals surface area contributed by atoms with E-state index in [1.807, 2.05) is 11.0 Å². The van der Waals surface area contributed by atoms with Crippen molar-refractivity contribution in [2.75, 3.05) is 0 Å². The molecule has 1 heterocycles. The Kier molecular flexibility index (Phi) is 6.34. The SMILES string of the molecule is C=C/C=C\C(=C/C)c1cc2ccccc2c2c1CN(C(=N)N)Cc1c(-c3ccccc3)cc3ccccc3c1-2. The number of allylic oxidation sites excluding steroid dienone is 5. The Balaban J connectivity index is 1.84. The van der Waals surface area contributed by atoms with Crippen molar-refractivity contribution < 1.29 is 0 Å². The number of benzene rings is 5. The highest BCUT2D eigenvalue weighted by molar-refractivity contribution is 6.12. The van der Waals surface area contributed by atoms with E-state index >= 15 is 0 Å². The minimum Gasteiger partial charge on any atom is -0.370 e. The largest absolute Gasteiger partial charge is 0.370 e. The Morgan fingerprint density at radius 3 is 2.05 bits per heavy atom. The summed E-state index contributed by atoms with van der Waals surface area (Å²) >= 11 is 0. The Hall–Kier alpha value is -4.89. The summed E-state index contributed by atoms with van der Waals surface area (Å²) in [6, 6.07) is 32.4. The van der Waals surface area contributed by atoms with E-state index in [1.165, 1.54) is 49.4 Å². The molecule has 3 N–H and O–H groups in total. The molecule has 0 amide bonds. The summed E-state index contributed by atoms with van der Waals surface area (Å²) in [6.07, 6.45) is 8.04. The van der Waals surface area contributed by atoms with E-state index < -0.39 is 0 Å². The summed E-state index contributed by atoms with van der Waals surface area (Å²) in [6.45, 7) is 7.05. The smallest absolute Gasteiger partial charge is 0.188 e. The average molecular weight is 506 g/mol. The second kappa shape index (κ2) is 10.1. The molecule has 3 heteroatoms. The molecule has 5 aromatic rings. The van der Waals surface area contributed by atoms with Gasteiger partial charge in [0.15, 0.2) is 5.96 Å². The van der Waals surface area contributed by atoms with Crippen molar-refractivity contribution in [3.05, 3.63) is 139 Å². The fourth-order valence-corrected chi connectivity index (χ4v) is 5.93. The lowest BCUT2D eigenvalue weighted by Crippen LogP contribution is -2.35. The molecular formula is C36H31N3. The van der Waals surface area contributed by atoms with Gasteiger partial charge in [0.05, 0.1) is 0 Å². The molecule has 3 nitrogen and oxygen atoms in total. The van der Waals surface area contributed by atoms with Crippen LogP contribution in [0.2, 0.25) is 0 Å². The van der Waals surface area contributed by atoms with Crippen LogP contribution in [0.3, 0.4) is 0 Å². The molecule has 0 fully saturated rings. The van der Waals surface area contributed by atoms with Gasteiger partial charge in [-0.1, -0.05) is 110 Å². The number of guanidine groups is 1. The first-order chi connectivity index (χ1) is 19.1. The lowest BCUT2D eigenvalue weighted by atomic mass is 9.82. The molecule has 1 aliphatic heterocycles. The number of nitrogens with two attached hydrogens (primary N) is 1. The monoisotopic (exact) mass is 505 g/mol. The molecule has 0 aliphatic carbocycles. The molecule has 0 atom stereocenters. The molecule has 190 valence electrons. The molecule has 39 heavy (non-hydrogen) atoms. The van der Waals surface area contributed by atoms with E-state index in [0.717, 1.165) is 16.7 Å². The average Bonchev–Trinajstić information content (AvgIpc) is 3.16. The lowest BCUT2D eigenvalue weighted by Gasteiger charge is -2.24. The van der Waals surface area contributed by atoms with E-state index in [-0.39, 0.29) is 5.96 Å². The van der Waals surface area contributed by atoms with Gasteiger partial charge < -0.3 is 10.6 Å². The number of nitrogens with zero attached hydrogens (tertiary/aromatic N) is 1. The van der Waals surface area contributed by atoms with Crippen LogP contribution in [0.25, 0.3) is 49.4 Å². The first kappa shape index (κ1) is 24.4. The summed E-state index contributed by atoms with van der Waals surface area (Å²) in [5.74, 6) is 0.0729. The predicted octanol–water partition coefficient (Wildman–Crippen LogP) is 8.68. The second-order valence-corrected chi connectivity index (χ2v) is 9.94. The topological polar surface area (TPSA) is 53.1 Å². The van der Waals surface area contributed by atoms with Crippen LogP contribution in [0.15, 0.2) is 122 Å². The van der Waals surface area contributed by atoms with Crippen LogP contribution in [0.4, 0.5) is 0 Å². The Morgan fingerprint density at radius 1 is 0.821 bits per heavy atom. The normalized spacial score (nSPS) is 13.4. The molecule has 0 bridgehead atoms. The quantitative estimate of drug-likeness (QED) is 0.146. The second-order valence-electron chi connectivity index (χ2n) is 9.94. The summed E-state index contributed by atoms with van der Waals surface area (Å²) in [4.78, 5) is 1.99. The molecule has 6 rings (SSSR count). The van der Waals surface area contributed by atoms with E-state index in [9.17, 15) is 0 Å². The molecule has 5 aromatic carbocycles. The third-order valence-corrected chi connectivity index (χ3v) is 7.72. The van der Waals surface area contributed by atoms with Crippen LogP contribution in [0.1, 0.15) is 23.6 Å². The van der Waals surface area contributed by atoms with Crippen LogP contribution in [0.5, 0.6) is 0 Å². The van der Waals surface area contributed by atoms with Crippen molar-refractivity contribution in [1.29, 1.82) is 5.41 Å².